The number of methoxy groups -OCH3 is 2. The molecule has 0 spiro atoms. The second-order valence-electron chi connectivity index (χ2n) is 5.63. The number of hydrogen-bond donors (Lipinski definition) is 1. The van der Waals surface area contributed by atoms with Gasteiger partial charge in [0.1, 0.15) is 23.9 Å². The van der Waals surface area contributed by atoms with Crippen LogP contribution in [0, 0.1) is 0 Å². The van der Waals surface area contributed by atoms with Crippen molar-refractivity contribution in [2.45, 2.75) is 13.5 Å². The van der Waals surface area contributed by atoms with Crippen LogP contribution in [0.1, 0.15) is 12.5 Å². The summed E-state index contributed by atoms with van der Waals surface area (Å²) in [5.74, 6) is 1.94. The number of carbonyl (C=O) groups is 1. The molecule has 0 heterocycles. The topological polar surface area (TPSA) is 60.0 Å². The molecule has 2 aromatic rings. The Balaban J connectivity index is 1.80. The number of nitrogens with zero attached hydrogens (tertiary/aromatic N) is 1. The second-order valence-corrected chi connectivity index (χ2v) is 5.63. The Bertz CT molecular complexity index is 669. The van der Waals surface area contributed by atoms with Crippen LogP contribution in [0.3, 0.4) is 0 Å². The van der Waals surface area contributed by atoms with Crippen molar-refractivity contribution in [3.63, 3.8) is 0 Å². The molecule has 6 heteroatoms. The van der Waals surface area contributed by atoms with E-state index >= 15 is 0 Å². The zero-order valence-electron chi connectivity index (χ0n) is 15.5. The molecule has 2 aromatic carbocycles. The number of carbonyl (C=O) groups excluding carboxylic acids is 1. The quantitative estimate of drug-likeness (QED) is 0.699. The highest BCUT2D eigenvalue weighted by Gasteiger charge is 2.11. The van der Waals surface area contributed by atoms with E-state index in [2.05, 4.69) is 5.32 Å². The predicted molar refractivity (Wildman–Crippen MR) is 101 cm³/mol. The van der Waals surface area contributed by atoms with Crippen molar-refractivity contribution in [1.29, 1.82) is 0 Å². The third-order valence-electron chi connectivity index (χ3n) is 3.86. The van der Waals surface area contributed by atoms with Gasteiger partial charge in [0, 0.05) is 31.3 Å². The summed E-state index contributed by atoms with van der Waals surface area (Å²) in [4.78, 5) is 14.1. The molecular weight excluding hydrogens is 332 g/mol. The lowest BCUT2D eigenvalue weighted by molar-refractivity contribution is 0.195. The number of nitrogens with one attached hydrogen (secondary N) is 1. The van der Waals surface area contributed by atoms with E-state index < -0.39 is 0 Å². The van der Waals surface area contributed by atoms with Crippen LogP contribution >= 0.6 is 0 Å². The molecule has 0 bridgehead atoms. The minimum Gasteiger partial charge on any atom is -0.496 e. The van der Waals surface area contributed by atoms with Crippen LogP contribution < -0.4 is 19.5 Å². The van der Waals surface area contributed by atoms with Crippen molar-refractivity contribution in [3.05, 3.63) is 54.1 Å². The molecule has 1 N–H and O–H groups in total. The molecule has 0 unspecified atom stereocenters. The molecule has 0 atom stereocenters. The first kappa shape index (κ1) is 19.4. The average molecular weight is 358 g/mol. The first-order valence-corrected chi connectivity index (χ1v) is 8.58. The van der Waals surface area contributed by atoms with E-state index in [9.17, 15) is 4.79 Å². The van der Waals surface area contributed by atoms with Gasteiger partial charge in [0.15, 0.2) is 0 Å². The number of benzene rings is 2. The fraction of sp³-hybridized carbons (Fsp3) is 0.350. The van der Waals surface area contributed by atoms with Gasteiger partial charge in [-0.15, -0.1) is 0 Å². The van der Waals surface area contributed by atoms with E-state index in [0.717, 1.165) is 5.56 Å². The fourth-order valence-electron chi connectivity index (χ4n) is 2.43. The third kappa shape index (κ3) is 5.88. The normalized spacial score (nSPS) is 10.1. The summed E-state index contributed by atoms with van der Waals surface area (Å²) in [6.07, 6.45) is 0. The van der Waals surface area contributed by atoms with Gasteiger partial charge in [-0.25, -0.2) is 4.79 Å². The van der Waals surface area contributed by atoms with Crippen LogP contribution in [0.15, 0.2) is 48.5 Å². The van der Waals surface area contributed by atoms with E-state index in [4.69, 9.17) is 14.2 Å². The lowest BCUT2D eigenvalue weighted by Crippen LogP contribution is -2.41. The van der Waals surface area contributed by atoms with Gasteiger partial charge in [0.2, 0.25) is 0 Å². The molecule has 0 aliphatic heterocycles. The third-order valence-corrected chi connectivity index (χ3v) is 3.86. The van der Waals surface area contributed by atoms with Crippen molar-refractivity contribution < 1.29 is 19.0 Å². The van der Waals surface area contributed by atoms with Gasteiger partial charge in [-0.2, -0.15) is 0 Å². The SMILES string of the molecule is CCN(Cc1ccccc1)C(=O)NCCOc1cc(OC)cc(OC)c1. The summed E-state index contributed by atoms with van der Waals surface area (Å²) in [7, 11) is 3.18. The Morgan fingerprint density at radius 2 is 1.62 bits per heavy atom. The number of urea groups is 1. The summed E-state index contributed by atoms with van der Waals surface area (Å²) < 4.78 is 16.1. The minimum absolute atomic E-state index is 0.108. The molecule has 2 amide bonds. The van der Waals surface area contributed by atoms with Gasteiger partial charge in [0.05, 0.1) is 20.8 Å². The highest BCUT2D eigenvalue weighted by atomic mass is 16.5. The second kappa shape index (κ2) is 10.2. The summed E-state index contributed by atoms with van der Waals surface area (Å²) in [6, 6.07) is 15.1. The van der Waals surface area contributed by atoms with Gasteiger partial charge in [-0.1, -0.05) is 30.3 Å². The maximum absolute atomic E-state index is 12.3. The van der Waals surface area contributed by atoms with Crippen LogP contribution in [0.25, 0.3) is 0 Å². The van der Waals surface area contributed by atoms with Crippen molar-refractivity contribution in [3.8, 4) is 17.2 Å². The van der Waals surface area contributed by atoms with Gasteiger partial charge < -0.3 is 24.4 Å². The maximum atomic E-state index is 12.3. The molecule has 140 valence electrons. The Hall–Kier alpha value is -2.89. The highest BCUT2D eigenvalue weighted by molar-refractivity contribution is 5.74. The highest BCUT2D eigenvalue weighted by Crippen LogP contribution is 2.27. The number of amides is 2. The van der Waals surface area contributed by atoms with Crippen LogP contribution in [0.2, 0.25) is 0 Å². The van der Waals surface area contributed by atoms with E-state index in [1.165, 1.54) is 0 Å². The molecule has 0 fully saturated rings. The largest absolute Gasteiger partial charge is 0.496 e. The average Bonchev–Trinajstić information content (AvgIpc) is 2.69. The maximum Gasteiger partial charge on any atom is 0.317 e. The van der Waals surface area contributed by atoms with Crippen LogP contribution in [-0.4, -0.2) is 44.8 Å². The van der Waals surface area contributed by atoms with Crippen molar-refractivity contribution in [1.82, 2.24) is 10.2 Å². The summed E-state index contributed by atoms with van der Waals surface area (Å²) >= 11 is 0. The molecule has 2 rings (SSSR count). The van der Waals surface area contributed by atoms with Crippen LogP contribution in [0.4, 0.5) is 4.79 Å². The lowest BCUT2D eigenvalue weighted by atomic mass is 10.2. The van der Waals surface area contributed by atoms with E-state index in [1.54, 1.807) is 37.3 Å². The molecular formula is C20H26N2O4. The van der Waals surface area contributed by atoms with E-state index in [1.807, 2.05) is 37.3 Å². The zero-order chi connectivity index (χ0) is 18.8. The predicted octanol–water partition coefficient (Wildman–Crippen LogP) is 3.31. The summed E-state index contributed by atoms with van der Waals surface area (Å²) in [5, 5.41) is 2.88. The summed E-state index contributed by atoms with van der Waals surface area (Å²) in [6.45, 7) is 3.93. The molecule has 0 saturated heterocycles. The van der Waals surface area contributed by atoms with Gasteiger partial charge in [-0.05, 0) is 12.5 Å². The van der Waals surface area contributed by atoms with Crippen molar-refractivity contribution in [2.75, 3.05) is 33.9 Å². The Kier molecular flexibility index (Phi) is 7.61. The minimum atomic E-state index is -0.108. The fourth-order valence-corrected chi connectivity index (χ4v) is 2.43. The molecule has 0 aliphatic carbocycles. The first-order valence-electron chi connectivity index (χ1n) is 8.58. The van der Waals surface area contributed by atoms with Gasteiger partial charge >= 0.3 is 6.03 Å². The van der Waals surface area contributed by atoms with Crippen LogP contribution in [0.5, 0.6) is 17.2 Å². The smallest absolute Gasteiger partial charge is 0.317 e. The Morgan fingerprint density at radius 3 is 2.19 bits per heavy atom. The number of rotatable bonds is 9. The van der Waals surface area contributed by atoms with E-state index in [0.29, 0.717) is 43.5 Å². The molecule has 0 aliphatic rings. The molecule has 26 heavy (non-hydrogen) atoms. The van der Waals surface area contributed by atoms with Crippen molar-refractivity contribution >= 4 is 6.03 Å². The summed E-state index contributed by atoms with van der Waals surface area (Å²) in [5.41, 5.74) is 1.10. The lowest BCUT2D eigenvalue weighted by Gasteiger charge is -2.21. The van der Waals surface area contributed by atoms with Gasteiger partial charge in [0.25, 0.3) is 0 Å². The van der Waals surface area contributed by atoms with Gasteiger partial charge in [-0.3, -0.25) is 0 Å². The number of hydrogen-bond acceptors (Lipinski definition) is 4. The molecule has 0 radical (unpaired) electrons. The molecule has 0 aromatic heterocycles. The molecule has 6 nitrogen and oxygen atoms in total. The number of ether oxygens (including phenoxy) is 3. The zero-order valence-corrected chi connectivity index (χ0v) is 15.5. The first-order chi connectivity index (χ1) is 12.7. The monoisotopic (exact) mass is 358 g/mol. The van der Waals surface area contributed by atoms with Crippen molar-refractivity contribution in [2.24, 2.45) is 0 Å². The molecule has 0 saturated carbocycles. The Morgan fingerprint density at radius 1 is 1.00 bits per heavy atom. The Labute approximate surface area is 154 Å². The standard InChI is InChI=1S/C20H26N2O4/c1-4-22(15-16-8-6-5-7-9-16)20(23)21-10-11-26-19-13-17(24-2)12-18(14-19)25-3/h5-9,12-14H,4,10-11,15H2,1-3H3,(H,21,23). The van der Waals surface area contributed by atoms with E-state index in [-0.39, 0.29) is 6.03 Å². The van der Waals surface area contributed by atoms with Crippen LogP contribution in [-0.2, 0) is 6.54 Å².